The van der Waals surface area contributed by atoms with Crippen molar-refractivity contribution in [3.05, 3.63) is 23.9 Å². The van der Waals surface area contributed by atoms with Crippen LogP contribution in [0.15, 0.2) is 18.2 Å². The van der Waals surface area contributed by atoms with Crippen LogP contribution >= 0.6 is 0 Å². The third kappa shape index (κ3) is 2.68. The van der Waals surface area contributed by atoms with Gasteiger partial charge in [-0.15, -0.1) is 0 Å². The number of aliphatic hydroxyl groups is 2. The fourth-order valence-corrected chi connectivity index (χ4v) is 0.910. The summed E-state index contributed by atoms with van der Waals surface area (Å²) in [7, 11) is 0. The molecule has 0 bridgehead atoms. The van der Waals surface area contributed by atoms with E-state index in [1.807, 2.05) is 5.32 Å². The predicted molar refractivity (Wildman–Crippen MR) is 47.9 cm³/mol. The molecule has 1 heterocycles. The van der Waals surface area contributed by atoms with Gasteiger partial charge in [-0.05, 0) is 12.1 Å². The molecule has 0 saturated heterocycles. The zero-order valence-corrected chi connectivity index (χ0v) is 7.21. The van der Waals surface area contributed by atoms with Gasteiger partial charge in [-0.2, -0.15) is 0 Å². The summed E-state index contributed by atoms with van der Waals surface area (Å²) in [6, 6.07) is 4.47. The second-order valence-electron chi connectivity index (χ2n) is 2.58. The number of nitrogens with one attached hydrogen (secondary N) is 1. The summed E-state index contributed by atoms with van der Waals surface area (Å²) in [5.41, 5.74) is 0.221. The van der Waals surface area contributed by atoms with E-state index in [-0.39, 0.29) is 11.5 Å². The maximum absolute atomic E-state index is 10.3. The van der Waals surface area contributed by atoms with E-state index in [1.54, 1.807) is 0 Å². The number of nitrogens with zero attached hydrogens (tertiary/aromatic N) is 1. The van der Waals surface area contributed by atoms with Crippen LogP contribution in [0.5, 0.6) is 0 Å². The van der Waals surface area contributed by atoms with Crippen molar-refractivity contribution < 1.29 is 20.1 Å². The number of pyridine rings is 1. The van der Waals surface area contributed by atoms with Crippen LogP contribution in [0.4, 0.5) is 10.6 Å². The molecular formula is C8H10N2O4. The number of anilines is 1. The van der Waals surface area contributed by atoms with Crippen LogP contribution in [0, 0.1) is 0 Å². The molecule has 0 aliphatic heterocycles. The lowest BCUT2D eigenvalue weighted by Gasteiger charge is -2.07. The Morgan fingerprint density at radius 2 is 2.29 bits per heavy atom. The van der Waals surface area contributed by atoms with Crippen molar-refractivity contribution in [3.8, 4) is 0 Å². The van der Waals surface area contributed by atoms with Crippen molar-refractivity contribution >= 4 is 11.9 Å². The van der Waals surface area contributed by atoms with Crippen LogP contribution in [0.2, 0.25) is 0 Å². The molecule has 1 rings (SSSR count). The fourth-order valence-electron chi connectivity index (χ4n) is 0.910. The first-order chi connectivity index (χ1) is 6.63. The van der Waals surface area contributed by atoms with Gasteiger partial charge >= 0.3 is 6.09 Å². The Morgan fingerprint density at radius 1 is 1.57 bits per heavy atom. The molecule has 0 aliphatic carbocycles. The third-order valence-corrected chi connectivity index (χ3v) is 1.52. The Balaban J connectivity index is 2.83. The molecular weight excluding hydrogens is 188 g/mol. The van der Waals surface area contributed by atoms with Crippen molar-refractivity contribution in [2.75, 3.05) is 11.9 Å². The highest BCUT2D eigenvalue weighted by atomic mass is 16.4. The molecule has 14 heavy (non-hydrogen) atoms. The zero-order chi connectivity index (χ0) is 10.6. The van der Waals surface area contributed by atoms with E-state index in [0.717, 1.165) is 0 Å². The summed E-state index contributed by atoms with van der Waals surface area (Å²) < 4.78 is 0. The second-order valence-corrected chi connectivity index (χ2v) is 2.58. The van der Waals surface area contributed by atoms with Gasteiger partial charge in [0.2, 0.25) is 0 Å². The van der Waals surface area contributed by atoms with E-state index >= 15 is 0 Å². The fraction of sp³-hybridized carbons (Fsp3) is 0.250. The van der Waals surface area contributed by atoms with Crippen LogP contribution in [0.3, 0.4) is 0 Å². The van der Waals surface area contributed by atoms with Crippen molar-refractivity contribution in [2.45, 2.75) is 6.10 Å². The monoisotopic (exact) mass is 198 g/mol. The lowest BCUT2D eigenvalue weighted by Crippen LogP contribution is -2.11. The zero-order valence-electron chi connectivity index (χ0n) is 7.21. The minimum absolute atomic E-state index is 0.113. The Hall–Kier alpha value is -1.66. The lowest BCUT2D eigenvalue weighted by molar-refractivity contribution is 0.0924. The minimum Gasteiger partial charge on any atom is -0.465 e. The molecule has 1 amide bonds. The summed E-state index contributed by atoms with van der Waals surface area (Å²) in [5, 5.41) is 28.3. The maximum Gasteiger partial charge on any atom is 0.410 e. The summed E-state index contributed by atoms with van der Waals surface area (Å²) >= 11 is 0. The van der Waals surface area contributed by atoms with E-state index in [4.69, 9.17) is 10.2 Å². The number of carboxylic acid groups (broad SMARTS) is 1. The van der Waals surface area contributed by atoms with Crippen molar-refractivity contribution in [1.29, 1.82) is 0 Å². The van der Waals surface area contributed by atoms with E-state index in [9.17, 15) is 9.90 Å². The van der Waals surface area contributed by atoms with Gasteiger partial charge in [0.25, 0.3) is 0 Å². The van der Waals surface area contributed by atoms with Gasteiger partial charge in [0.05, 0.1) is 12.3 Å². The molecule has 1 aromatic heterocycles. The van der Waals surface area contributed by atoms with Crippen LogP contribution in [0.1, 0.15) is 11.8 Å². The van der Waals surface area contributed by atoms with E-state index < -0.39 is 18.8 Å². The number of rotatable bonds is 3. The number of aromatic nitrogens is 1. The highest BCUT2D eigenvalue weighted by molar-refractivity contribution is 5.81. The minimum atomic E-state index is -1.23. The molecule has 0 fully saturated rings. The first-order valence-electron chi connectivity index (χ1n) is 3.89. The van der Waals surface area contributed by atoms with Crippen molar-refractivity contribution in [2.24, 2.45) is 0 Å². The molecule has 0 unspecified atom stereocenters. The highest BCUT2D eigenvalue weighted by Crippen LogP contribution is 2.11. The third-order valence-electron chi connectivity index (χ3n) is 1.52. The predicted octanol–water partition coefficient (Wildman–Crippen LogP) is 0.197. The van der Waals surface area contributed by atoms with Gasteiger partial charge in [0, 0.05) is 0 Å². The second kappa shape index (κ2) is 4.54. The van der Waals surface area contributed by atoms with Crippen LogP contribution in [-0.4, -0.2) is 33.0 Å². The lowest BCUT2D eigenvalue weighted by atomic mass is 10.2. The van der Waals surface area contributed by atoms with Gasteiger partial charge < -0.3 is 15.3 Å². The number of carbonyl (C=O) groups is 1. The smallest absolute Gasteiger partial charge is 0.410 e. The van der Waals surface area contributed by atoms with Crippen LogP contribution in [-0.2, 0) is 0 Å². The topological polar surface area (TPSA) is 103 Å². The van der Waals surface area contributed by atoms with Crippen LogP contribution < -0.4 is 5.32 Å². The largest absolute Gasteiger partial charge is 0.465 e. The molecule has 6 heteroatoms. The summed E-state index contributed by atoms with van der Waals surface area (Å²) in [4.78, 5) is 14.0. The van der Waals surface area contributed by atoms with E-state index in [2.05, 4.69) is 4.98 Å². The molecule has 4 N–H and O–H groups in total. The average Bonchev–Trinajstić information content (AvgIpc) is 2.16. The molecule has 0 aromatic carbocycles. The van der Waals surface area contributed by atoms with Crippen molar-refractivity contribution in [3.63, 3.8) is 0 Å². The van der Waals surface area contributed by atoms with Gasteiger partial charge in [0.15, 0.2) is 0 Å². The Labute approximate surface area is 79.8 Å². The molecule has 0 aliphatic rings. The Bertz CT molecular complexity index is 329. The number of aliphatic hydroxyl groups excluding tert-OH is 2. The SMILES string of the molecule is O=C(O)Nc1cccc([C@@H](O)CO)n1. The number of hydrogen-bond donors (Lipinski definition) is 4. The highest BCUT2D eigenvalue weighted by Gasteiger charge is 2.08. The molecule has 0 spiro atoms. The standard InChI is InChI=1S/C8H10N2O4/c11-4-6(12)5-2-1-3-7(9-5)10-8(13)14/h1-3,6,11-12H,4H2,(H,9,10)(H,13,14)/t6-/m0/s1. The molecule has 1 atom stereocenters. The number of hydrogen-bond acceptors (Lipinski definition) is 4. The van der Waals surface area contributed by atoms with Gasteiger partial charge in [-0.1, -0.05) is 6.07 Å². The van der Waals surface area contributed by atoms with E-state index in [1.165, 1.54) is 18.2 Å². The molecule has 1 aromatic rings. The first kappa shape index (κ1) is 10.4. The van der Waals surface area contributed by atoms with Crippen molar-refractivity contribution in [1.82, 2.24) is 4.98 Å². The summed E-state index contributed by atoms with van der Waals surface area (Å²) in [6.07, 6.45) is -2.32. The Morgan fingerprint density at radius 3 is 2.86 bits per heavy atom. The first-order valence-corrected chi connectivity index (χ1v) is 3.89. The van der Waals surface area contributed by atoms with Gasteiger partial charge in [-0.3, -0.25) is 5.32 Å². The summed E-state index contributed by atoms with van der Waals surface area (Å²) in [6.45, 7) is -0.455. The average molecular weight is 198 g/mol. The quantitative estimate of drug-likeness (QED) is 0.555. The molecule has 0 radical (unpaired) electrons. The van der Waals surface area contributed by atoms with Crippen LogP contribution in [0.25, 0.3) is 0 Å². The molecule has 0 saturated carbocycles. The molecule has 6 nitrogen and oxygen atoms in total. The van der Waals surface area contributed by atoms with E-state index in [0.29, 0.717) is 0 Å². The Kier molecular flexibility index (Phi) is 3.38. The summed E-state index contributed by atoms with van der Waals surface area (Å²) in [5.74, 6) is 0.113. The van der Waals surface area contributed by atoms with Gasteiger partial charge in [0.1, 0.15) is 11.9 Å². The van der Waals surface area contributed by atoms with Gasteiger partial charge in [-0.25, -0.2) is 9.78 Å². The number of amides is 1. The molecule has 76 valence electrons. The normalized spacial score (nSPS) is 12.1. The maximum atomic E-state index is 10.3.